The lowest BCUT2D eigenvalue weighted by molar-refractivity contribution is 0.102. The molecule has 1 aliphatic heterocycles. The maximum Gasteiger partial charge on any atom is 0.277 e. The summed E-state index contributed by atoms with van der Waals surface area (Å²) in [5.74, 6) is 0.0556. The summed E-state index contributed by atoms with van der Waals surface area (Å²) in [6.45, 7) is 13.7. The van der Waals surface area contributed by atoms with Crippen LogP contribution in [0.4, 0.5) is 11.4 Å². The van der Waals surface area contributed by atoms with Gasteiger partial charge in [0.2, 0.25) is 0 Å². The second kappa shape index (κ2) is 8.44. The van der Waals surface area contributed by atoms with Crippen molar-refractivity contribution in [1.29, 1.82) is 0 Å². The van der Waals surface area contributed by atoms with Gasteiger partial charge in [-0.05, 0) is 59.1 Å². The number of halogens is 1. The SMILES string of the molecule is CCN1CCN(c2ccc(NC(=O)c3n[nH]c(C(C)C)c3Br)c(C)c2)CC1. The summed E-state index contributed by atoms with van der Waals surface area (Å²) < 4.78 is 0.734. The highest BCUT2D eigenvalue weighted by atomic mass is 79.9. The highest BCUT2D eigenvalue weighted by molar-refractivity contribution is 9.10. The van der Waals surface area contributed by atoms with Gasteiger partial charge in [0.25, 0.3) is 5.91 Å². The first-order chi connectivity index (χ1) is 12.9. The first kappa shape index (κ1) is 19.9. The number of hydrogen-bond acceptors (Lipinski definition) is 4. The molecule has 6 nitrogen and oxygen atoms in total. The minimum atomic E-state index is -0.211. The van der Waals surface area contributed by atoms with Crippen molar-refractivity contribution in [1.82, 2.24) is 15.1 Å². The van der Waals surface area contributed by atoms with E-state index in [0.717, 1.165) is 54.1 Å². The van der Waals surface area contributed by atoms with Crippen LogP contribution >= 0.6 is 15.9 Å². The van der Waals surface area contributed by atoms with Crippen molar-refractivity contribution in [3.63, 3.8) is 0 Å². The molecule has 0 aliphatic carbocycles. The fourth-order valence-corrected chi connectivity index (χ4v) is 4.18. The fourth-order valence-electron chi connectivity index (χ4n) is 3.36. The van der Waals surface area contributed by atoms with Gasteiger partial charge in [-0.2, -0.15) is 5.10 Å². The van der Waals surface area contributed by atoms with E-state index in [-0.39, 0.29) is 11.8 Å². The molecule has 0 atom stereocenters. The summed E-state index contributed by atoms with van der Waals surface area (Å²) in [6.07, 6.45) is 0. The van der Waals surface area contributed by atoms with E-state index in [0.29, 0.717) is 5.69 Å². The lowest BCUT2D eigenvalue weighted by atomic mass is 10.1. The van der Waals surface area contributed by atoms with Gasteiger partial charge in [-0.3, -0.25) is 9.89 Å². The first-order valence-electron chi connectivity index (χ1n) is 9.53. The highest BCUT2D eigenvalue weighted by Gasteiger charge is 2.20. The molecule has 1 aromatic heterocycles. The van der Waals surface area contributed by atoms with Gasteiger partial charge >= 0.3 is 0 Å². The zero-order valence-electron chi connectivity index (χ0n) is 16.5. The van der Waals surface area contributed by atoms with Gasteiger partial charge in [0, 0.05) is 37.6 Å². The number of piperazine rings is 1. The summed E-state index contributed by atoms with van der Waals surface area (Å²) in [5, 5.41) is 10.1. The number of hydrogen-bond donors (Lipinski definition) is 2. The van der Waals surface area contributed by atoms with Crippen LogP contribution in [0, 0.1) is 6.92 Å². The maximum absolute atomic E-state index is 12.6. The van der Waals surface area contributed by atoms with Crippen LogP contribution in [0.3, 0.4) is 0 Å². The third kappa shape index (κ3) is 4.35. The molecule has 3 rings (SSSR count). The van der Waals surface area contributed by atoms with Crippen molar-refractivity contribution in [2.24, 2.45) is 0 Å². The third-order valence-electron chi connectivity index (χ3n) is 5.17. The fraction of sp³-hybridized carbons (Fsp3) is 0.500. The average molecular weight is 434 g/mol. The van der Waals surface area contributed by atoms with Crippen LogP contribution in [0.5, 0.6) is 0 Å². The van der Waals surface area contributed by atoms with Crippen molar-refractivity contribution >= 4 is 33.2 Å². The molecule has 2 heterocycles. The van der Waals surface area contributed by atoms with E-state index in [4.69, 9.17) is 0 Å². The molecule has 7 heteroatoms. The molecule has 0 unspecified atom stereocenters. The van der Waals surface area contributed by atoms with Gasteiger partial charge in [-0.1, -0.05) is 20.8 Å². The molecule has 1 fully saturated rings. The molecule has 0 spiro atoms. The zero-order chi connectivity index (χ0) is 19.6. The van der Waals surface area contributed by atoms with Crippen LogP contribution in [0.1, 0.15) is 48.4 Å². The van der Waals surface area contributed by atoms with E-state index >= 15 is 0 Å². The monoisotopic (exact) mass is 433 g/mol. The second-order valence-corrected chi connectivity index (χ2v) is 8.12. The Morgan fingerprint density at radius 2 is 2.00 bits per heavy atom. The number of anilines is 2. The predicted molar refractivity (Wildman–Crippen MR) is 114 cm³/mol. The standard InChI is InChI=1S/C20H28BrN5O/c1-5-25-8-10-26(11-9-25)15-6-7-16(14(4)12-15)22-20(27)19-17(21)18(13(2)3)23-24-19/h6-7,12-13H,5,8-11H2,1-4H3,(H,22,27)(H,23,24). The van der Waals surface area contributed by atoms with Gasteiger partial charge in [-0.25, -0.2) is 0 Å². The molecular weight excluding hydrogens is 406 g/mol. The van der Waals surface area contributed by atoms with Crippen LogP contribution in [0.2, 0.25) is 0 Å². The molecule has 0 saturated carbocycles. The molecular formula is C20H28BrN5O. The Kier molecular flexibility index (Phi) is 6.22. The van der Waals surface area contributed by atoms with Crippen molar-refractivity contribution in [3.05, 3.63) is 39.6 Å². The van der Waals surface area contributed by atoms with E-state index in [2.05, 4.69) is 74.1 Å². The molecule has 1 aromatic carbocycles. The molecule has 146 valence electrons. The number of carbonyl (C=O) groups is 1. The van der Waals surface area contributed by atoms with Crippen LogP contribution in [-0.2, 0) is 0 Å². The van der Waals surface area contributed by atoms with E-state index in [1.165, 1.54) is 5.69 Å². The van der Waals surface area contributed by atoms with Crippen LogP contribution in [0.25, 0.3) is 0 Å². The molecule has 1 amide bonds. The number of carbonyl (C=O) groups excluding carboxylic acids is 1. The van der Waals surface area contributed by atoms with E-state index in [9.17, 15) is 4.79 Å². The quantitative estimate of drug-likeness (QED) is 0.747. The molecule has 2 aromatic rings. The van der Waals surface area contributed by atoms with Crippen molar-refractivity contribution < 1.29 is 4.79 Å². The number of H-pyrrole nitrogens is 1. The molecule has 2 N–H and O–H groups in total. The largest absolute Gasteiger partial charge is 0.369 e. The van der Waals surface area contributed by atoms with E-state index < -0.39 is 0 Å². The summed E-state index contributed by atoms with van der Waals surface area (Å²) in [4.78, 5) is 17.5. The molecule has 0 bridgehead atoms. The van der Waals surface area contributed by atoms with Gasteiger partial charge < -0.3 is 15.1 Å². The Labute approximate surface area is 169 Å². The normalized spacial score (nSPS) is 15.4. The number of likely N-dealkylation sites (N-methyl/N-ethyl adjacent to an activating group) is 1. The first-order valence-corrected chi connectivity index (χ1v) is 10.3. The Morgan fingerprint density at radius 3 is 2.56 bits per heavy atom. The molecule has 1 aliphatic rings. The smallest absolute Gasteiger partial charge is 0.277 e. The number of benzene rings is 1. The lowest BCUT2D eigenvalue weighted by Gasteiger charge is -2.35. The average Bonchev–Trinajstić information content (AvgIpc) is 3.05. The zero-order valence-corrected chi connectivity index (χ0v) is 18.1. The van der Waals surface area contributed by atoms with Gasteiger partial charge in [-0.15, -0.1) is 0 Å². The van der Waals surface area contributed by atoms with Crippen LogP contribution in [-0.4, -0.2) is 53.7 Å². The minimum absolute atomic E-state index is 0.211. The van der Waals surface area contributed by atoms with E-state index in [1.54, 1.807) is 0 Å². The number of nitrogens with one attached hydrogen (secondary N) is 2. The molecule has 27 heavy (non-hydrogen) atoms. The summed E-state index contributed by atoms with van der Waals surface area (Å²) in [5.41, 5.74) is 4.40. The Hall–Kier alpha value is -1.86. The number of aryl methyl sites for hydroxylation is 1. The number of rotatable bonds is 5. The van der Waals surface area contributed by atoms with Gasteiger partial charge in [0.05, 0.1) is 10.2 Å². The predicted octanol–water partition coefficient (Wildman–Crippen LogP) is 4.00. The lowest BCUT2D eigenvalue weighted by Crippen LogP contribution is -2.46. The number of aromatic amines is 1. The summed E-state index contributed by atoms with van der Waals surface area (Å²) in [7, 11) is 0. The van der Waals surface area contributed by atoms with Crippen molar-refractivity contribution in [2.75, 3.05) is 42.9 Å². The van der Waals surface area contributed by atoms with Crippen LogP contribution < -0.4 is 10.2 Å². The third-order valence-corrected chi connectivity index (χ3v) is 5.97. The van der Waals surface area contributed by atoms with E-state index in [1.807, 2.05) is 13.0 Å². The highest BCUT2D eigenvalue weighted by Crippen LogP contribution is 2.28. The molecule has 0 radical (unpaired) electrons. The van der Waals surface area contributed by atoms with Crippen LogP contribution in [0.15, 0.2) is 22.7 Å². The number of aromatic nitrogens is 2. The number of amides is 1. The number of nitrogens with zero attached hydrogens (tertiary/aromatic N) is 3. The summed E-state index contributed by atoms with van der Waals surface area (Å²) >= 11 is 3.49. The van der Waals surface area contributed by atoms with Crippen molar-refractivity contribution in [2.45, 2.75) is 33.6 Å². The minimum Gasteiger partial charge on any atom is -0.369 e. The van der Waals surface area contributed by atoms with Gasteiger partial charge in [0.15, 0.2) is 5.69 Å². The summed E-state index contributed by atoms with van der Waals surface area (Å²) in [6, 6.07) is 6.22. The Bertz CT molecular complexity index is 809. The maximum atomic E-state index is 12.6. The second-order valence-electron chi connectivity index (χ2n) is 7.33. The topological polar surface area (TPSA) is 64.3 Å². The Morgan fingerprint density at radius 1 is 1.30 bits per heavy atom. The Balaban J connectivity index is 1.70. The molecule has 1 saturated heterocycles. The van der Waals surface area contributed by atoms with Gasteiger partial charge in [0.1, 0.15) is 0 Å². The van der Waals surface area contributed by atoms with Crippen molar-refractivity contribution in [3.8, 4) is 0 Å².